The lowest BCUT2D eigenvalue weighted by Gasteiger charge is -2.09. The number of rotatable bonds is 2. The molecule has 7 heteroatoms. The van der Waals surface area contributed by atoms with E-state index >= 15 is 0 Å². The van der Waals surface area contributed by atoms with Crippen molar-refractivity contribution in [3.8, 4) is 11.3 Å². The summed E-state index contributed by atoms with van der Waals surface area (Å²) in [5.74, 6) is 0.821. The van der Waals surface area contributed by atoms with Crippen LogP contribution >= 0.6 is 11.6 Å². The topological polar surface area (TPSA) is 31.6 Å². The van der Waals surface area contributed by atoms with E-state index in [1.807, 2.05) is 0 Å². The molecule has 0 amide bonds. The molecule has 0 radical (unpaired) electrons. The Hall–Kier alpha value is -1.50. The van der Waals surface area contributed by atoms with Gasteiger partial charge in [0.15, 0.2) is 5.76 Å². The van der Waals surface area contributed by atoms with Gasteiger partial charge in [0.1, 0.15) is 5.76 Å². The van der Waals surface area contributed by atoms with Gasteiger partial charge in [-0.25, -0.2) is 0 Å². The molecule has 0 N–H and O–H groups in total. The maximum Gasteiger partial charge on any atom is 0.416 e. The lowest BCUT2D eigenvalue weighted by Crippen LogP contribution is -2.04. The van der Waals surface area contributed by atoms with Gasteiger partial charge < -0.3 is 13.9 Å². The lowest BCUT2D eigenvalue weighted by atomic mass is 10.1. The SMILES string of the molecule is FC(F)(F)c1ccc(-c2ccc(C3OCCO3)o2)c(Cl)c1. The highest BCUT2D eigenvalue weighted by atomic mass is 35.5. The first-order valence-corrected chi connectivity index (χ1v) is 6.53. The quantitative estimate of drug-likeness (QED) is 0.806. The van der Waals surface area contributed by atoms with Gasteiger partial charge in [-0.05, 0) is 30.3 Å². The Balaban J connectivity index is 1.90. The third-order valence-corrected chi connectivity index (χ3v) is 3.36. The number of halogens is 4. The highest BCUT2D eigenvalue weighted by Gasteiger charge is 2.31. The molecule has 1 aliphatic rings. The summed E-state index contributed by atoms with van der Waals surface area (Å²) in [5.41, 5.74) is -0.417. The molecule has 1 saturated heterocycles. The van der Waals surface area contributed by atoms with E-state index in [9.17, 15) is 13.2 Å². The van der Waals surface area contributed by atoms with Crippen LogP contribution in [-0.4, -0.2) is 13.2 Å². The molecule has 1 aromatic heterocycles. The number of benzene rings is 1. The molecule has 3 rings (SSSR count). The summed E-state index contributed by atoms with van der Waals surface area (Å²) in [4.78, 5) is 0. The summed E-state index contributed by atoms with van der Waals surface area (Å²) in [7, 11) is 0. The van der Waals surface area contributed by atoms with Crippen molar-refractivity contribution in [1.82, 2.24) is 0 Å². The summed E-state index contributed by atoms with van der Waals surface area (Å²) < 4.78 is 53.9. The molecule has 21 heavy (non-hydrogen) atoms. The van der Waals surface area contributed by atoms with Crippen molar-refractivity contribution in [2.45, 2.75) is 12.5 Å². The standard InChI is InChI=1S/C14H10ClF3O3/c15-10-7-8(14(16,17)18)1-2-9(10)11-3-4-12(21-11)13-19-5-6-20-13/h1-4,7,13H,5-6H2. The zero-order chi connectivity index (χ0) is 15.0. The predicted octanol–water partition coefficient (Wildman–Crippen LogP) is 4.66. The van der Waals surface area contributed by atoms with Gasteiger partial charge in [-0.1, -0.05) is 11.6 Å². The molecule has 3 nitrogen and oxygen atoms in total. The minimum absolute atomic E-state index is 0.0287. The molecule has 112 valence electrons. The minimum atomic E-state index is -4.43. The first kappa shape index (κ1) is 14.4. The monoisotopic (exact) mass is 318 g/mol. The Morgan fingerprint density at radius 3 is 2.38 bits per heavy atom. The van der Waals surface area contributed by atoms with E-state index in [1.165, 1.54) is 6.07 Å². The van der Waals surface area contributed by atoms with Gasteiger partial charge in [-0.2, -0.15) is 13.2 Å². The van der Waals surface area contributed by atoms with Crippen LogP contribution in [0.4, 0.5) is 13.2 Å². The summed E-state index contributed by atoms with van der Waals surface area (Å²) in [6.45, 7) is 0.948. The van der Waals surface area contributed by atoms with Gasteiger partial charge in [0.25, 0.3) is 0 Å². The molecule has 0 atom stereocenters. The summed E-state index contributed by atoms with van der Waals surface area (Å²) >= 11 is 5.92. The summed E-state index contributed by atoms with van der Waals surface area (Å²) in [6.07, 6.45) is -5.01. The van der Waals surface area contributed by atoms with Gasteiger partial charge >= 0.3 is 6.18 Å². The molecule has 2 heterocycles. The van der Waals surface area contributed by atoms with Crippen molar-refractivity contribution in [2.24, 2.45) is 0 Å². The van der Waals surface area contributed by atoms with Gasteiger partial charge in [0.2, 0.25) is 6.29 Å². The van der Waals surface area contributed by atoms with Crippen LogP contribution < -0.4 is 0 Å². The van der Waals surface area contributed by atoms with Crippen LogP contribution in [-0.2, 0) is 15.7 Å². The van der Waals surface area contributed by atoms with Crippen molar-refractivity contribution in [2.75, 3.05) is 13.2 Å². The van der Waals surface area contributed by atoms with Crippen LogP contribution in [0.1, 0.15) is 17.6 Å². The Bertz CT molecular complexity index is 645. The van der Waals surface area contributed by atoms with E-state index in [2.05, 4.69) is 0 Å². The van der Waals surface area contributed by atoms with Crippen molar-refractivity contribution < 1.29 is 27.1 Å². The molecular formula is C14H10ClF3O3. The Morgan fingerprint density at radius 1 is 1.05 bits per heavy atom. The highest BCUT2D eigenvalue weighted by molar-refractivity contribution is 6.33. The number of hydrogen-bond acceptors (Lipinski definition) is 3. The van der Waals surface area contributed by atoms with E-state index in [1.54, 1.807) is 12.1 Å². The average Bonchev–Trinajstić information content (AvgIpc) is 3.08. The molecule has 2 aromatic rings. The molecule has 1 fully saturated rings. The second-order valence-corrected chi connectivity index (χ2v) is 4.88. The molecule has 0 saturated carbocycles. The zero-order valence-electron chi connectivity index (χ0n) is 10.6. The van der Waals surface area contributed by atoms with Crippen molar-refractivity contribution >= 4 is 11.6 Å². The molecule has 1 aromatic carbocycles. The van der Waals surface area contributed by atoms with Crippen molar-refractivity contribution in [3.05, 3.63) is 46.7 Å². The van der Waals surface area contributed by atoms with Crippen LogP contribution in [0.3, 0.4) is 0 Å². The number of alkyl halides is 3. The van der Waals surface area contributed by atoms with E-state index < -0.39 is 18.0 Å². The summed E-state index contributed by atoms with van der Waals surface area (Å²) in [6, 6.07) is 6.39. The molecule has 0 spiro atoms. The van der Waals surface area contributed by atoms with E-state index in [-0.39, 0.29) is 5.02 Å². The minimum Gasteiger partial charge on any atom is -0.456 e. The first-order chi connectivity index (χ1) is 9.95. The fourth-order valence-corrected chi connectivity index (χ4v) is 2.31. The first-order valence-electron chi connectivity index (χ1n) is 6.15. The van der Waals surface area contributed by atoms with E-state index in [0.717, 1.165) is 12.1 Å². The Kier molecular flexibility index (Phi) is 3.69. The zero-order valence-corrected chi connectivity index (χ0v) is 11.4. The molecule has 0 bridgehead atoms. The molecule has 1 aliphatic heterocycles. The Labute approximate surface area is 123 Å². The van der Waals surface area contributed by atoms with Gasteiger partial charge in [-0.15, -0.1) is 0 Å². The third-order valence-electron chi connectivity index (χ3n) is 3.04. The third kappa shape index (κ3) is 2.92. The largest absolute Gasteiger partial charge is 0.456 e. The van der Waals surface area contributed by atoms with Gasteiger partial charge in [0.05, 0.1) is 23.8 Å². The van der Waals surface area contributed by atoms with Crippen molar-refractivity contribution in [1.29, 1.82) is 0 Å². The van der Waals surface area contributed by atoms with E-state index in [4.69, 9.17) is 25.5 Å². The highest BCUT2D eigenvalue weighted by Crippen LogP contribution is 2.37. The molecular weight excluding hydrogens is 309 g/mol. The normalized spacial score (nSPS) is 16.6. The summed E-state index contributed by atoms with van der Waals surface area (Å²) in [5, 5.41) is -0.0287. The van der Waals surface area contributed by atoms with Crippen LogP contribution in [0.15, 0.2) is 34.7 Å². The van der Waals surface area contributed by atoms with E-state index in [0.29, 0.717) is 30.3 Å². The van der Waals surface area contributed by atoms with Gasteiger partial charge in [0, 0.05) is 5.56 Å². The second kappa shape index (κ2) is 5.36. The van der Waals surface area contributed by atoms with Crippen LogP contribution in [0.25, 0.3) is 11.3 Å². The molecule has 0 aliphatic carbocycles. The fourth-order valence-electron chi connectivity index (χ4n) is 2.04. The second-order valence-electron chi connectivity index (χ2n) is 4.47. The average molecular weight is 319 g/mol. The van der Waals surface area contributed by atoms with Crippen LogP contribution in [0.2, 0.25) is 5.02 Å². The molecule has 0 unspecified atom stereocenters. The van der Waals surface area contributed by atoms with Crippen LogP contribution in [0.5, 0.6) is 0 Å². The maximum absolute atomic E-state index is 12.6. The number of ether oxygens (including phenoxy) is 2. The van der Waals surface area contributed by atoms with Gasteiger partial charge in [-0.3, -0.25) is 0 Å². The van der Waals surface area contributed by atoms with Crippen LogP contribution in [0, 0.1) is 0 Å². The van der Waals surface area contributed by atoms with Crippen molar-refractivity contribution in [3.63, 3.8) is 0 Å². The Morgan fingerprint density at radius 2 is 1.76 bits per heavy atom. The fraction of sp³-hybridized carbons (Fsp3) is 0.286. The smallest absolute Gasteiger partial charge is 0.416 e. The maximum atomic E-state index is 12.6. The predicted molar refractivity (Wildman–Crippen MR) is 68.8 cm³/mol. The number of furan rings is 1. The number of hydrogen-bond donors (Lipinski definition) is 0. The lowest BCUT2D eigenvalue weighted by molar-refractivity contribution is -0.137.